The summed E-state index contributed by atoms with van der Waals surface area (Å²) in [6, 6.07) is 8.26. The highest BCUT2D eigenvalue weighted by atomic mass is 16.5. The number of nitrogens with zero attached hydrogens (tertiary/aromatic N) is 2. The first-order valence-corrected chi connectivity index (χ1v) is 7.97. The maximum absolute atomic E-state index is 5.95. The second kappa shape index (κ2) is 10.1. The fourth-order valence-corrected chi connectivity index (χ4v) is 2.03. The second-order valence-corrected chi connectivity index (χ2v) is 5.01. The topological polar surface area (TPSA) is 50.9 Å². The summed E-state index contributed by atoms with van der Waals surface area (Å²) in [5.41, 5.74) is 7.21. The molecule has 4 nitrogen and oxygen atoms in total. The molecule has 0 spiro atoms. The number of ether oxygens (including phenoxy) is 1. The van der Waals surface area contributed by atoms with Crippen molar-refractivity contribution in [3.05, 3.63) is 29.8 Å². The zero-order valence-corrected chi connectivity index (χ0v) is 13.6. The van der Waals surface area contributed by atoms with Crippen molar-refractivity contribution < 1.29 is 4.74 Å². The van der Waals surface area contributed by atoms with Gasteiger partial charge in [-0.1, -0.05) is 25.5 Å². The first-order valence-electron chi connectivity index (χ1n) is 7.97. The van der Waals surface area contributed by atoms with E-state index in [4.69, 9.17) is 10.5 Å². The number of hydrogen-bond donors (Lipinski definition) is 1. The van der Waals surface area contributed by atoms with Crippen LogP contribution in [-0.4, -0.2) is 37.1 Å². The molecule has 0 aliphatic heterocycles. The molecule has 1 aromatic carbocycles. The summed E-state index contributed by atoms with van der Waals surface area (Å²) in [6.07, 6.45) is 3.16. The number of hydrogen-bond acceptors (Lipinski definition) is 2. The first kappa shape index (κ1) is 17.3. The molecule has 118 valence electrons. The number of benzene rings is 1. The first-order chi connectivity index (χ1) is 10.2. The zero-order valence-electron chi connectivity index (χ0n) is 13.6. The van der Waals surface area contributed by atoms with Crippen molar-refractivity contribution in [1.82, 2.24) is 4.90 Å². The molecule has 0 atom stereocenters. The third-order valence-electron chi connectivity index (χ3n) is 3.45. The average molecular weight is 291 g/mol. The van der Waals surface area contributed by atoms with E-state index < -0.39 is 0 Å². The highest BCUT2D eigenvalue weighted by Crippen LogP contribution is 2.13. The van der Waals surface area contributed by atoms with E-state index in [9.17, 15) is 0 Å². The van der Waals surface area contributed by atoms with E-state index >= 15 is 0 Å². The van der Waals surface area contributed by atoms with Gasteiger partial charge in [-0.3, -0.25) is 4.99 Å². The standard InChI is InChI=1S/C17H29N3O/c1-4-7-14-21-16-10-8-15(9-11-16)12-13-19-17(18)20(5-2)6-3/h8-11H,4-7,12-14H2,1-3H3,(H2,18,19). The van der Waals surface area contributed by atoms with Crippen LogP contribution in [0.1, 0.15) is 39.2 Å². The Labute approximate surface area is 129 Å². The van der Waals surface area contributed by atoms with Crippen molar-refractivity contribution in [2.45, 2.75) is 40.0 Å². The van der Waals surface area contributed by atoms with Crippen molar-refractivity contribution in [3.63, 3.8) is 0 Å². The van der Waals surface area contributed by atoms with Gasteiger partial charge in [0.25, 0.3) is 0 Å². The number of rotatable bonds is 9. The number of guanidine groups is 1. The second-order valence-electron chi connectivity index (χ2n) is 5.01. The van der Waals surface area contributed by atoms with Gasteiger partial charge in [0.1, 0.15) is 5.75 Å². The summed E-state index contributed by atoms with van der Waals surface area (Å²) in [5.74, 6) is 1.58. The monoisotopic (exact) mass is 291 g/mol. The minimum absolute atomic E-state index is 0.638. The smallest absolute Gasteiger partial charge is 0.191 e. The van der Waals surface area contributed by atoms with Gasteiger partial charge in [0.05, 0.1) is 6.61 Å². The Balaban J connectivity index is 2.40. The van der Waals surface area contributed by atoms with Crippen LogP contribution in [0.15, 0.2) is 29.3 Å². The van der Waals surface area contributed by atoms with Gasteiger partial charge in [-0.25, -0.2) is 0 Å². The van der Waals surface area contributed by atoms with E-state index in [1.165, 1.54) is 5.56 Å². The molecule has 0 saturated heterocycles. The highest BCUT2D eigenvalue weighted by molar-refractivity contribution is 5.77. The van der Waals surface area contributed by atoms with Gasteiger partial charge in [0.15, 0.2) is 5.96 Å². The molecule has 0 bridgehead atoms. The quantitative estimate of drug-likeness (QED) is 0.432. The van der Waals surface area contributed by atoms with Crippen LogP contribution in [0.5, 0.6) is 5.75 Å². The summed E-state index contributed by atoms with van der Waals surface area (Å²) in [7, 11) is 0. The summed E-state index contributed by atoms with van der Waals surface area (Å²) >= 11 is 0. The van der Waals surface area contributed by atoms with Gasteiger partial charge in [0.2, 0.25) is 0 Å². The van der Waals surface area contributed by atoms with E-state index in [2.05, 4.69) is 42.8 Å². The van der Waals surface area contributed by atoms with E-state index in [0.717, 1.165) is 51.3 Å². The molecule has 0 fully saturated rings. The number of unbranched alkanes of at least 4 members (excludes halogenated alkanes) is 1. The molecule has 1 rings (SSSR count). The predicted molar refractivity (Wildman–Crippen MR) is 90.0 cm³/mol. The fraction of sp³-hybridized carbons (Fsp3) is 0.588. The molecule has 0 aliphatic rings. The summed E-state index contributed by atoms with van der Waals surface area (Å²) in [4.78, 5) is 6.49. The van der Waals surface area contributed by atoms with Crippen molar-refractivity contribution in [2.75, 3.05) is 26.2 Å². The van der Waals surface area contributed by atoms with Crippen LogP contribution in [0.3, 0.4) is 0 Å². The molecule has 0 unspecified atom stereocenters. The maximum atomic E-state index is 5.95. The average Bonchev–Trinajstić information content (AvgIpc) is 2.50. The molecule has 0 amide bonds. The zero-order chi connectivity index (χ0) is 15.5. The summed E-state index contributed by atoms with van der Waals surface area (Å²) < 4.78 is 5.65. The molecule has 1 aromatic rings. The van der Waals surface area contributed by atoms with Gasteiger partial charge >= 0.3 is 0 Å². The lowest BCUT2D eigenvalue weighted by molar-refractivity contribution is 0.309. The third kappa shape index (κ3) is 6.52. The Morgan fingerprint density at radius 2 is 1.81 bits per heavy atom. The van der Waals surface area contributed by atoms with Gasteiger partial charge < -0.3 is 15.4 Å². The lowest BCUT2D eigenvalue weighted by atomic mass is 10.1. The number of nitrogens with two attached hydrogens (primary N) is 1. The minimum Gasteiger partial charge on any atom is -0.494 e. The highest BCUT2D eigenvalue weighted by Gasteiger charge is 2.01. The lowest BCUT2D eigenvalue weighted by Gasteiger charge is -2.19. The van der Waals surface area contributed by atoms with Crippen LogP contribution in [0, 0.1) is 0 Å². The molecular weight excluding hydrogens is 262 g/mol. The Hall–Kier alpha value is -1.71. The van der Waals surface area contributed by atoms with Crippen LogP contribution in [0.4, 0.5) is 0 Å². The summed E-state index contributed by atoms with van der Waals surface area (Å²) in [6.45, 7) is 9.65. The van der Waals surface area contributed by atoms with Crippen LogP contribution in [0.2, 0.25) is 0 Å². The van der Waals surface area contributed by atoms with Crippen LogP contribution in [-0.2, 0) is 6.42 Å². The van der Waals surface area contributed by atoms with E-state index in [-0.39, 0.29) is 0 Å². The Morgan fingerprint density at radius 3 is 2.38 bits per heavy atom. The van der Waals surface area contributed by atoms with Crippen LogP contribution < -0.4 is 10.5 Å². The molecule has 0 aliphatic carbocycles. The predicted octanol–water partition coefficient (Wildman–Crippen LogP) is 3.06. The van der Waals surface area contributed by atoms with E-state index in [1.807, 2.05) is 12.1 Å². The Bertz CT molecular complexity index is 411. The van der Waals surface area contributed by atoms with Crippen LogP contribution >= 0.6 is 0 Å². The third-order valence-corrected chi connectivity index (χ3v) is 3.45. The SMILES string of the molecule is CCCCOc1ccc(CCN=C(N)N(CC)CC)cc1. The Morgan fingerprint density at radius 1 is 1.14 bits per heavy atom. The van der Waals surface area contributed by atoms with E-state index in [1.54, 1.807) is 0 Å². The molecule has 0 heterocycles. The Kier molecular flexibility index (Phi) is 8.32. The molecule has 2 N–H and O–H groups in total. The maximum Gasteiger partial charge on any atom is 0.191 e. The van der Waals surface area contributed by atoms with Gasteiger partial charge in [0, 0.05) is 19.6 Å². The van der Waals surface area contributed by atoms with E-state index in [0.29, 0.717) is 5.96 Å². The van der Waals surface area contributed by atoms with Gasteiger partial charge in [-0.15, -0.1) is 0 Å². The van der Waals surface area contributed by atoms with Gasteiger partial charge in [-0.05, 0) is 44.4 Å². The normalized spacial score (nSPS) is 11.5. The number of aliphatic imine (C=N–C) groups is 1. The summed E-state index contributed by atoms with van der Waals surface area (Å²) in [5, 5.41) is 0. The largest absolute Gasteiger partial charge is 0.494 e. The minimum atomic E-state index is 0.638. The van der Waals surface area contributed by atoms with Gasteiger partial charge in [-0.2, -0.15) is 0 Å². The lowest BCUT2D eigenvalue weighted by Crippen LogP contribution is -2.37. The van der Waals surface area contributed by atoms with Crippen molar-refractivity contribution in [2.24, 2.45) is 10.7 Å². The van der Waals surface area contributed by atoms with Crippen molar-refractivity contribution in [3.8, 4) is 5.75 Å². The molecule has 21 heavy (non-hydrogen) atoms. The fourth-order valence-electron chi connectivity index (χ4n) is 2.03. The van der Waals surface area contributed by atoms with Crippen LogP contribution in [0.25, 0.3) is 0 Å². The molecule has 0 radical (unpaired) electrons. The molecule has 0 aromatic heterocycles. The molecular formula is C17H29N3O. The molecule has 4 heteroatoms. The molecule has 0 saturated carbocycles. The van der Waals surface area contributed by atoms with Crippen molar-refractivity contribution >= 4 is 5.96 Å². The van der Waals surface area contributed by atoms with Crippen molar-refractivity contribution in [1.29, 1.82) is 0 Å².